The van der Waals surface area contributed by atoms with E-state index in [2.05, 4.69) is 4.98 Å². The summed E-state index contributed by atoms with van der Waals surface area (Å²) in [6, 6.07) is 10.6. The lowest BCUT2D eigenvalue weighted by molar-refractivity contribution is 0.100. The first-order valence-electron chi connectivity index (χ1n) is 9.65. The van der Waals surface area contributed by atoms with E-state index in [4.69, 9.17) is 21.9 Å². The number of benzene rings is 2. The van der Waals surface area contributed by atoms with Crippen molar-refractivity contribution < 1.29 is 14.6 Å². The summed E-state index contributed by atoms with van der Waals surface area (Å²) in [6.45, 7) is 4.73. The number of aromatic hydroxyl groups is 1. The number of carbonyl (C=O) groups is 1. The van der Waals surface area contributed by atoms with Gasteiger partial charge in [0.1, 0.15) is 5.75 Å². The number of pyridine rings is 1. The van der Waals surface area contributed by atoms with Crippen molar-refractivity contribution >= 4 is 11.6 Å². The van der Waals surface area contributed by atoms with Crippen molar-refractivity contribution in [2.75, 3.05) is 18.9 Å². The second-order valence-electron chi connectivity index (χ2n) is 7.12. The van der Waals surface area contributed by atoms with Gasteiger partial charge < -0.3 is 27.0 Å². The Morgan fingerprint density at radius 3 is 2.60 bits per heavy atom. The normalized spacial score (nSPS) is 10.8. The second-order valence-corrected chi connectivity index (χ2v) is 7.12. The lowest BCUT2D eigenvalue weighted by Gasteiger charge is -2.17. The summed E-state index contributed by atoms with van der Waals surface area (Å²) in [7, 11) is 0. The van der Waals surface area contributed by atoms with Crippen LogP contribution in [0.2, 0.25) is 0 Å². The lowest BCUT2D eigenvalue weighted by atomic mass is 9.89. The number of nitrogens with zero attached hydrogens (tertiary/aromatic N) is 1. The van der Waals surface area contributed by atoms with Crippen LogP contribution in [-0.2, 0) is 0 Å². The highest BCUT2D eigenvalue weighted by Gasteiger charge is 2.19. The number of primary amides is 1. The van der Waals surface area contributed by atoms with Crippen molar-refractivity contribution in [1.29, 1.82) is 0 Å². The molecule has 0 saturated heterocycles. The molecule has 0 radical (unpaired) electrons. The van der Waals surface area contributed by atoms with Gasteiger partial charge in [-0.15, -0.1) is 0 Å². The van der Waals surface area contributed by atoms with Crippen molar-refractivity contribution in [3.8, 4) is 33.9 Å². The molecule has 7 nitrogen and oxygen atoms in total. The van der Waals surface area contributed by atoms with E-state index in [0.29, 0.717) is 30.2 Å². The number of ether oxygens (including phenoxy) is 1. The maximum absolute atomic E-state index is 12.1. The van der Waals surface area contributed by atoms with Crippen LogP contribution in [0.5, 0.6) is 11.6 Å². The highest BCUT2D eigenvalue weighted by Crippen LogP contribution is 2.40. The molecule has 0 aliphatic rings. The molecular formula is C23H26N4O3. The monoisotopic (exact) mass is 406 g/mol. The Morgan fingerprint density at radius 2 is 1.90 bits per heavy atom. The number of rotatable bonds is 7. The fourth-order valence-electron chi connectivity index (χ4n) is 3.41. The summed E-state index contributed by atoms with van der Waals surface area (Å²) in [5.74, 6) is -0.00951. The summed E-state index contributed by atoms with van der Waals surface area (Å²) in [4.78, 5) is 16.3. The number of phenolic OH excluding ortho intramolecular Hbond substituents is 1. The molecule has 30 heavy (non-hydrogen) atoms. The molecule has 7 N–H and O–H groups in total. The van der Waals surface area contributed by atoms with Crippen LogP contribution in [0.25, 0.3) is 22.3 Å². The molecule has 0 atom stereocenters. The van der Waals surface area contributed by atoms with Crippen LogP contribution < -0.4 is 21.9 Å². The van der Waals surface area contributed by atoms with Crippen LogP contribution in [-0.4, -0.2) is 29.1 Å². The molecule has 0 bridgehead atoms. The predicted molar refractivity (Wildman–Crippen MR) is 118 cm³/mol. The zero-order chi connectivity index (χ0) is 21.8. The Balaban J connectivity index is 2.18. The van der Waals surface area contributed by atoms with E-state index in [-0.39, 0.29) is 17.0 Å². The molecule has 0 unspecified atom stereocenters. The zero-order valence-electron chi connectivity index (χ0n) is 17.1. The van der Waals surface area contributed by atoms with Gasteiger partial charge in [-0.05, 0) is 78.9 Å². The first kappa shape index (κ1) is 21.1. The number of hydrogen-bond donors (Lipinski definition) is 4. The molecule has 0 aliphatic heterocycles. The van der Waals surface area contributed by atoms with Crippen LogP contribution in [0.15, 0.2) is 42.6 Å². The number of aromatic nitrogens is 1. The molecule has 3 rings (SSSR count). The minimum atomic E-state index is -0.625. The second kappa shape index (κ2) is 8.84. The Morgan fingerprint density at radius 1 is 1.13 bits per heavy atom. The first-order valence-corrected chi connectivity index (χ1v) is 9.65. The molecule has 0 saturated carbocycles. The fourth-order valence-corrected chi connectivity index (χ4v) is 3.41. The van der Waals surface area contributed by atoms with Crippen molar-refractivity contribution in [2.24, 2.45) is 11.5 Å². The van der Waals surface area contributed by atoms with Gasteiger partial charge in [-0.1, -0.05) is 6.07 Å². The van der Waals surface area contributed by atoms with E-state index in [0.717, 1.165) is 28.7 Å². The summed E-state index contributed by atoms with van der Waals surface area (Å²) < 4.78 is 5.64. The predicted octanol–water partition coefficient (Wildman–Crippen LogP) is 3.15. The van der Waals surface area contributed by atoms with Gasteiger partial charge in [0, 0.05) is 17.8 Å². The highest BCUT2D eigenvalue weighted by atomic mass is 16.5. The summed E-state index contributed by atoms with van der Waals surface area (Å²) >= 11 is 0. The first-order chi connectivity index (χ1) is 14.3. The van der Waals surface area contributed by atoms with Crippen molar-refractivity contribution in [3.05, 3.63) is 59.3 Å². The van der Waals surface area contributed by atoms with Crippen molar-refractivity contribution in [1.82, 2.24) is 4.98 Å². The van der Waals surface area contributed by atoms with Gasteiger partial charge in [0.15, 0.2) is 0 Å². The lowest BCUT2D eigenvalue weighted by Crippen LogP contribution is -2.14. The molecule has 1 heterocycles. The van der Waals surface area contributed by atoms with Crippen LogP contribution in [0.3, 0.4) is 0 Å². The van der Waals surface area contributed by atoms with Gasteiger partial charge in [0.25, 0.3) is 5.91 Å². The van der Waals surface area contributed by atoms with Crippen LogP contribution in [0, 0.1) is 13.8 Å². The summed E-state index contributed by atoms with van der Waals surface area (Å²) in [5.41, 5.74) is 22.5. The van der Waals surface area contributed by atoms with Gasteiger partial charge in [0.2, 0.25) is 5.88 Å². The van der Waals surface area contributed by atoms with E-state index in [1.807, 2.05) is 32.0 Å². The van der Waals surface area contributed by atoms with Gasteiger partial charge >= 0.3 is 0 Å². The average molecular weight is 406 g/mol. The molecule has 0 fully saturated rings. The van der Waals surface area contributed by atoms with Crippen LogP contribution in [0.4, 0.5) is 5.69 Å². The summed E-state index contributed by atoms with van der Waals surface area (Å²) in [5, 5.41) is 10.2. The Hall–Kier alpha value is -3.58. The fraction of sp³-hybridized carbons (Fsp3) is 0.217. The molecule has 2 aromatic carbocycles. The van der Waals surface area contributed by atoms with Crippen molar-refractivity contribution in [3.63, 3.8) is 0 Å². The van der Waals surface area contributed by atoms with Crippen molar-refractivity contribution in [2.45, 2.75) is 20.3 Å². The summed E-state index contributed by atoms with van der Waals surface area (Å²) in [6.07, 6.45) is 2.36. The van der Waals surface area contributed by atoms with Gasteiger partial charge in [-0.25, -0.2) is 4.98 Å². The van der Waals surface area contributed by atoms with Gasteiger partial charge in [0.05, 0.1) is 17.9 Å². The minimum absolute atomic E-state index is 0.153. The van der Waals surface area contributed by atoms with E-state index in [1.54, 1.807) is 24.4 Å². The number of phenols is 1. The molecule has 1 aromatic heterocycles. The molecule has 3 aromatic rings. The average Bonchev–Trinajstić information content (AvgIpc) is 2.72. The Bertz CT molecular complexity index is 1100. The molecule has 1 amide bonds. The molecular weight excluding hydrogens is 380 g/mol. The van der Waals surface area contributed by atoms with Crippen LogP contribution >= 0.6 is 0 Å². The Labute approximate surface area is 175 Å². The number of aryl methyl sites for hydroxylation is 1. The quantitative estimate of drug-likeness (QED) is 0.351. The zero-order valence-corrected chi connectivity index (χ0v) is 17.1. The minimum Gasteiger partial charge on any atom is -0.508 e. The molecule has 0 spiro atoms. The number of nitrogen functional groups attached to an aromatic ring is 1. The van der Waals surface area contributed by atoms with E-state index in [9.17, 15) is 9.90 Å². The van der Waals surface area contributed by atoms with Crippen LogP contribution in [0.1, 0.15) is 27.9 Å². The number of anilines is 1. The third-order valence-corrected chi connectivity index (χ3v) is 5.03. The maximum Gasteiger partial charge on any atom is 0.250 e. The number of hydrogen-bond acceptors (Lipinski definition) is 6. The number of nitrogens with two attached hydrogens (primary N) is 3. The van der Waals surface area contributed by atoms with Gasteiger partial charge in [-0.2, -0.15) is 0 Å². The standard InChI is InChI=1S/C23H26N4O3/c1-13-4-5-19(28)14(2)21(13)17-10-16(11-18(22(17)25)23(26)29)15-6-8-27-20(12-15)30-9-3-7-24/h4-6,8,10-12,28H,3,7,9,24-25H2,1-2H3,(H2,26,29). The van der Waals surface area contributed by atoms with E-state index in [1.165, 1.54) is 0 Å². The number of carbonyl (C=O) groups excluding carboxylic acids is 1. The molecule has 0 aliphatic carbocycles. The smallest absolute Gasteiger partial charge is 0.250 e. The van der Waals surface area contributed by atoms with Gasteiger partial charge in [-0.3, -0.25) is 4.79 Å². The number of amides is 1. The molecule has 7 heteroatoms. The van der Waals surface area contributed by atoms with E-state index >= 15 is 0 Å². The third kappa shape index (κ3) is 4.21. The largest absolute Gasteiger partial charge is 0.508 e. The SMILES string of the molecule is Cc1ccc(O)c(C)c1-c1cc(-c2ccnc(OCCCN)c2)cc(C(N)=O)c1N. The third-order valence-electron chi connectivity index (χ3n) is 5.03. The molecule has 156 valence electrons. The Kier molecular flexibility index (Phi) is 6.23. The topological polar surface area (TPSA) is 137 Å². The maximum atomic E-state index is 12.1. The van der Waals surface area contributed by atoms with E-state index < -0.39 is 5.91 Å². The highest BCUT2D eigenvalue weighted by molar-refractivity contribution is 6.04.